The number of carbonyl (C=O) groups is 7. The van der Waals surface area contributed by atoms with Crippen LogP contribution in [0.5, 0.6) is 5.75 Å². The number of benzene rings is 1. The number of phenols is 1. The number of hydrogen-bond acceptors (Lipinski definition) is 11. The molecule has 0 spiro atoms. The van der Waals surface area contributed by atoms with E-state index in [2.05, 4.69) is 31.9 Å². The molecule has 0 unspecified atom stereocenters. The normalized spacial score (nSPS) is 13.9. The van der Waals surface area contributed by atoms with Crippen LogP contribution in [0.4, 0.5) is 0 Å². The second-order valence-electron chi connectivity index (χ2n) is 13.7. The number of guanidine groups is 2. The third-order valence-electron chi connectivity index (χ3n) is 8.87. The maximum Gasteiger partial charge on any atom is 0.245 e. The lowest BCUT2D eigenvalue weighted by atomic mass is 9.95. The fourth-order valence-electron chi connectivity index (χ4n) is 5.91. The summed E-state index contributed by atoms with van der Waals surface area (Å²) in [5.41, 5.74) is 23.7. The van der Waals surface area contributed by atoms with E-state index in [4.69, 9.17) is 33.8 Å². The number of aliphatic hydroxyl groups excluding tert-OH is 1. The summed E-state index contributed by atoms with van der Waals surface area (Å²) in [5, 5.41) is 50.0. The van der Waals surface area contributed by atoms with Crippen molar-refractivity contribution in [2.24, 2.45) is 22.9 Å². The number of phenolic OH excluding ortho intramolecular Hbond substituents is 1. The molecule has 1 rings (SSSR count). The van der Waals surface area contributed by atoms with Crippen LogP contribution < -0.4 is 54.8 Å². The molecular formula is C35H59N13O9. The molecule has 6 atom stereocenters. The van der Waals surface area contributed by atoms with Gasteiger partial charge in [0.2, 0.25) is 41.4 Å². The standard InChI is InChI=1S/C35H59N13O9/c1-17-14-21(51)15-18(2)22(17)16-25(29(37)53)47-31(55)26(9-7-13-43-35(40)41)48(5)33(57)24(10-11-27(36)52)46-30(54)23(8-6-12-42-34(38)39)45-32(56)28(19(3)49)44-20(4)50/h14-15,19,23-26,28,49,51H,6-13,16H2,1-5H3,(H2,36,52)(H2,37,53)(H,44,50)(H,45,56)(H,46,54)(H,47,55)(H4,38,39,42)(H4,40,41,43)/t19-,23+,24+,25+,26+,28+/m1/s1. The van der Waals surface area contributed by atoms with Gasteiger partial charge in [-0.05, 0) is 81.7 Å². The van der Waals surface area contributed by atoms with Crippen LogP contribution in [0.2, 0.25) is 0 Å². The van der Waals surface area contributed by atoms with Crippen LogP contribution in [0.1, 0.15) is 69.1 Å². The third-order valence-corrected chi connectivity index (χ3v) is 8.87. The van der Waals surface area contributed by atoms with E-state index in [0.29, 0.717) is 16.7 Å². The number of rotatable bonds is 24. The Balaban J connectivity index is 3.51. The van der Waals surface area contributed by atoms with Gasteiger partial charge in [0.1, 0.15) is 36.0 Å². The molecule has 0 aromatic heterocycles. The fraction of sp³-hybridized carbons (Fsp3) is 0.571. The summed E-state index contributed by atoms with van der Waals surface area (Å²) in [6.45, 7) is 6.05. The lowest BCUT2D eigenvalue weighted by Gasteiger charge is -2.32. The van der Waals surface area contributed by atoms with Gasteiger partial charge in [-0.25, -0.2) is 0 Å². The first-order chi connectivity index (χ1) is 26.5. The smallest absolute Gasteiger partial charge is 0.245 e. The number of nitrogens with zero attached hydrogens (tertiary/aromatic N) is 1. The van der Waals surface area contributed by atoms with Crippen molar-refractivity contribution in [3.8, 4) is 5.75 Å². The quantitative estimate of drug-likeness (QED) is 0.0269. The number of aliphatic hydroxyl groups is 1. The van der Waals surface area contributed by atoms with Gasteiger partial charge in [-0.3, -0.25) is 44.4 Å². The predicted molar refractivity (Wildman–Crippen MR) is 209 cm³/mol. The average molecular weight is 806 g/mol. The molecule has 0 radical (unpaired) electrons. The highest BCUT2D eigenvalue weighted by Gasteiger charge is 2.36. The van der Waals surface area contributed by atoms with Crippen LogP contribution in [0.25, 0.3) is 0 Å². The van der Waals surface area contributed by atoms with Crippen molar-refractivity contribution in [2.75, 3.05) is 20.1 Å². The number of amides is 7. The second-order valence-corrected chi connectivity index (χ2v) is 13.7. The summed E-state index contributed by atoms with van der Waals surface area (Å²) < 4.78 is 0. The molecule has 0 saturated carbocycles. The molecule has 7 amide bonds. The SMILES string of the molecule is CC(=O)N[C@H](C(=O)N[C@@H](CCCNC(=N)N)C(=O)N[C@@H](CCC(N)=O)C(=O)N(C)[C@@H](CCCNC(=N)N)C(=O)N[C@@H](Cc1c(C)cc(O)cc1C)C(N)=O)[C@@H](C)O. The van der Waals surface area contributed by atoms with Crippen LogP contribution in [-0.4, -0.2) is 125 Å². The van der Waals surface area contributed by atoms with Gasteiger partial charge in [0.25, 0.3) is 0 Å². The summed E-state index contributed by atoms with van der Waals surface area (Å²) in [6.07, 6.45) is -1.90. The molecular weight excluding hydrogens is 746 g/mol. The van der Waals surface area contributed by atoms with E-state index in [0.717, 1.165) is 11.8 Å². The van der Waals surface area contributed by atoms with Gasteiger partial charge in [0.15, 0.2) is 11.9 Å². The van der Waals surface area contributed by atoms with Crippen molar-refractivity contribution in [3.63, 3.8) is 0 Å². The summed E-state index contributed by atoms with van der Waals surface area (Å²) in [6, 6.07) is -3.89. The minimum atomic E-state index is -1.49. The van der Waals surface area contributed by atoms with Crippen molar-refractivity contribution in [2.45, 2.75) is 109 Å². The summed E-state index contributed by atoms with van der Waals surface area (Å²) in [5.74, 6) is -6.47. The highest BCUT2D eigenvalue weighted by molar-refractivity contribution is 5.96. The number of hydrogen-bond donors (Lipinski definition) is 14. The Bertz CT molecular complexity index is 1620. The van der Waals surface area contributed by atoms with Crippen molar-refractivity contribution in [3.05, 3.63) is 28.8 Å². The highest BCUT2D eigenvalue weighted by atomic mass is 16.3. The molecule has 22 heteroatoms. The maximum atomic E-state index is 14.2. The molecule has 0 bridgehead atoms. The van der Waals surface area contributed by atoms with Gasteiger partial charge in [0, 0.05) is 39.9 Å². The maximum absolute atomic E-state index is 14.2. The van der Waals surface area contributed by atoms with Crippen LogP contribution in [0.15, 0.2) is 12.1 Å². The van der Waals surface area contributed by atoms with E-state index >= 15 is 0 Å². The summed E-state index contributed by atoms with van der Waals surface area (Å²) >= 11 is 0. The number of nitrogens with two attached hydrogens (primary N) is 4. The topological polar surface area (TPSA) is 387 Å². The zero-order valence-electron chi connectivity index (χ0n) is 33.0. The molecule has 0 fully saturated rings. The first kappa shape index (κ1) is 48.8. The minimum absolute atomic E-state index is 0.0124. The van der Waals surface area contributed by atoms with Gasteiger partial charge in [-0.15, -0.1) is 0 Å². The van der Waals surface area contributed by atoms with Crippen LogP contribution in [-0.2, 0) is 40.0 Å². The van der Waals surface area contributed by atoms with E-state index in [9.17, 15) is 43.8 Å². The Morgan fingerprint density at radius 2 is 1.26 bits per heavy atom. The summed E-state index contributed by atoms with van der Waals surface area (Å²) in [4.78, 5) is 92.3. The van der Waals surface area contributed by atoms with E-state index in [1.54, 1.807) is 13.8 Å². The molecule has 0 aliphatic rings. The number of carbonyl (C=O) groups excluding carboxylic acids is 7. The number of nitrogens with one attached hydrogen (secondary N) is 8. The second kappa shape index (κ2) is 23.7. The Morgan fingerprint density at radius 3 is 1.74 bits per heavy atom. The fourth-order valence-corrected chi connectivity index (χ4v) is 5.91. The average Bonchev–Trinajstić information content (AvgIpc) is 3.09. The van der Waals surface area contributed by atoms with Gasteiger partial charge < -0.3 is 69.9 Å². The van der Waals surface area contributed by atoms with Crippen molar-refractivity contribution < 1.29 is 43.8 Å². The zero-order valence-corrected chi connectivity index (χ0v) is 33.0. The lowest BCUT2D eigenvalue weighted by molar-refractivity contribution is -0.143. The number of likely N-dealkylation sites (N-methyl/N-ethyl adjacent to an activating group) is 1. The molecule has 0 saturated heterocycles. The molecule has 318 valence electrons. The van der Waals surface area contributed by atoms with Gasteiger partial charge in [0.05, 0.1) is 6.10 Å². The minimum Gasteiger partial charge on any atom is -0.508 e. The van der Waals surface area contributed by atoms with Crippen LogP contribution >= 0.6 is 0 Å². The Labute approximate surface area is 331 Å². The largest absolute Gasteiger partial charge is 0.508 e. The van der Waals surface area contributed by atoms with E-state index < -0.39 is 77.7 Å². The van der Waals surface area contributed by atoms with Crippen molar-refractivity contribution >= 4 is 53.3 Å². The van der Waals surface area contributed by atoms with Crippen molar-refractivity contribution in [1.29, 1.82) is 10.8 Å². The van der Waals surface area contributed by atoms with Gasteiger partial charge in [-0.1, -0.05) is 0 Å². The van der Waals surface area contributed by atoms with E-state index in [1.807, 2.05) is 0 Å². The zero-order chi connectivity index (χ0) is 43.6. The van der Waals surface area contributed by atoms with Crippen LogP contribution in [0, 0.1) is 24.7 Å². The number of primary amides is 2. The summed E-state index contributed by atoms with van der Waals surface area (Å²) in [7, 11) is 1.27. The van der Waals surface area contributed by atoms with E-state index in [1.165, 1.54) is 26.1 Å². The molecule has 57 heavy (non-hydrogen) atoms. The lowest BCUT2D eigenvalue weighted by Crippen LogP contribution is -2.60. The molecule has 0 aliphatic heterocycles. The Hall–Kier alpha value is -6.19. The monoisotopic (exact) mass is 805 g/mol. The molecule has 0 aliphatic carbocycles. The van der Waals surface area contributed by atoms with Crippen LogP contribution in [0.3, 0.4) is 0 Å². The Kier molecular flexibility index (Phi) is 20.3. The number of aryl methyl sites for hydroxylation is 2. The third kappa shape index (κ3) is 17.4. The molecule has 0 heterocycles. The molecule has 1 aromatic carbocycles. The molecule has 18 N–H and O–H groups in total. The van der Waals surface area contributed by atoms with Crippen molar-refractivity contribution in [1.82, 2.24) is 36.8 Å². The highest BCUT2D eigenvalue weighted by Crippen LogP contribution is 2.22. The molecule has 1 aromatic rings. The van der Waals surface area contributed by atoms with E-state index in [-0.39, 0.29) is 75.7 Å². The predicted octanol–water partition coefficient (Wildman–Crippen LogP) is -4.00. The van der Waals surface area contributed by atoms with Gasteiger partial charge >= 0.3 is 0 Å². The Morgan fingerprint density at radius 1 is 0.754 bits per heavy atom. The first-order valence-electron chi connectivity index (χ1n) is 18.2. The number of aromatic hydroxyl groups is 1. The first-order valence-corrected chi connectivity index (χ1v) is 18.2. The molecule has 22 nitrogen and oxygen atoms in total. The van der Waals surface area contributed by atoms with Gasteiger partial charge in [-0.2, -0.15) is 0 Å².